The van der Waals surface area contributed by atoms with Crippen LogP contribution in [0, 0.1) is 24.2 Å². The smallest absolute Gasteiger partial charge is 0.312 e. The van der Waals surface area contributed by atoms with Gasteiger partial charge in [-0.1, -0.05) is 15.9 Å². The third-order valence-corrected chi connectivity index (χ3v) is 8.64. The highest BCUT2D eigenvalue weighted by Crippen LogP contribution is 2.64. The van der Waals surface area contributed by atoms with Crippen LogP contribution in [-0.4, -0.2) is 35.9 Å². The number of rotatable bonds is 5. The van der Waals surface area contributed by atoms with Gasteiger partial charge in [-0.25, -0.2) is 0 Å². The van der Waals surface area contributed by atoms with Gasteiger partial charge in [-0.2, -0.15) is 0 Å². The predicted octanol–water partition coefficient (Wildman–Crippen LogP) is 4.81. The van der Waals surface area contributed by atoms with Gasteiger partial charge < -0.3 is 15.0 Å². The van der Waals surface area contributed by atoms with E-state index in [1.807, 2.05) is 13.0 Å². The topological polar surface area (TPSA) is 58.6 Å². The highest BCUT2D eigenvalue weighted by Gasteiger charge is 2.60. The lowest BCUT2D eigenvalue weighted by atomic mass is 9.49. The number of esters is 1. The van der Waals surface area contributed by atoms with Crippen molar-refractivity contribution in [2.75, 3.05) is 29.9 Å². The highest BCUT2D eigenvalue weighted by atomic mass is 79.9. The SMILES string of the molecule is Cc1cc(N2CCCC2)ccc1NC(=O)COC(=O)C12CC3CC(CC(Br)(C3)C1)C2. The Kier molecular flexibility index (Phi) is 5.11. The molecule has 162 valence electrons. The van der Waals surface area contributed by atoms with Crippen LogP contribution in [0.25, 0.3) is 0 Å². The van der Waals surface area contributed by atoms with E-state index < -0.39 is 0 Å². The van der Waals surface area contributed by atoms with E-state index >= 15 is 0 Å². The third-order valence-electron chi connectivity index (χ3n) is 7.71. The minimum atomic E-state index is -0.388. The second-order valence-corrected chi connectivity index (χ2v) is 11.9. The number of carbonyl (C=O) groups is 2. The number of halogens is 1. The van der Waals surface area contributed by atoms with E-state index in [0.29, 0.717) is 11.8 Å². The quantitative estimate of drug-likeness (QED) is 0.491. The molecule has 2 unspecified atom stereocenters. The molecule has 4 bridgehead atoms. The lowest BCUT2D eigenvalue weighted by molar-refractivity contribution is -0.170. The summed E-state index contributed by atoms with van der Waals surface area (Å²) in [6, 6.07) is 6.14. The van der Waals surface area contributed by atoms with Crippen molar-refractivity contribution in [3.8, 4) is 0 Å². The molecule has 5 nitrogen and oxygen atoms in total. The Labute approximate surface area is 187 Å². The summed E-state index contributed by atoms with van der Waals surface area (Å²) in [4.78, 5) is 27.9. The minimum absolute atomic E-state index is 0.104. The first kappa shape index (κ1) is 20.3. The van der Waals surface area contributed by atoms with E-state index in [1.54, 1.807) is 0 Å². The number of amides is 1. The molecule has 1 saturated heterocycles. The van der Waals surface area contributed by atoms with Gasteiger partial charge in [0.15, 0.2) is 6.61 Å². The molecule has 5 fully saturated rings. The van der Waals surface area contributed by atoms with Crippen LogP contribution in [0.15, 0.2) is 18.2 Å². The summed E-state index contributed by atoms with van der Waals surface area (Å²) in [6.45, 7) is 3.99. The largest absolute Gasteiger partial charge is 0.455 e. The summed E-state index contributed by atoms with van der Waals surface area (Å²) < 4.78 is 5.67. The third kappa shape index (κ3) is 3.76. The van der Waals surface area contributed by atoms with Gasteiger partial charge in [-0.15, -0.1) is 0 Å². The molecule has 1 amide bonds. The average Bonchev–Trinajstić information content (AvgIpc) is 3.20. The average molecular weight is 475 g/mol. The van der Waals surface area contributed by atoms with E-state index in [1.165, 1.54) is 37.8 Å². The van der Waals surface area contributed by atoms with E-state index in [9.17, 15) is 9.59 Å². The van der Waals surface area contributed by atoms with E-state index in [-0.39, 0.29) is 28.2 Å². The number of aryl methyl sites for hydroxylation is 1. The zero-order valence-corrected chi connectivity index (χ0v) is 19.3. The summed E-state index contributed by atoms with van der Waals surface area (Å²) in [5.41, 5.74) is 2.63. The van der Waals surface area contributed by atoms with E-state index in [0.717, 1.165) is 43.6 Å². The first-order valence-corrected chi connectivity index (χ1v) is 12.2. The maximum Gasteiger partial charge on any atom is 0.312 e. The molecule has 1 aromatic rings. The van der Waals surface area contributed by atoms with Gasteiger partial charge in [-0.05, 0) is 93.9 Å². The minimum Gasteiger partial charge on any atom is -0.455 e. The van der Waals surface area contributed by atoms with Crippen molar-refractivity contribution in [2.45, 2.75) is 62.6 Å². The van der Waals surface area contributed by atoms with E-state index in [2.05, 4.69) is 38.3 Å². The normalized spacial score (nSPS) is 34.3. The Morgan fingerprint density at radius 3 is 2.50 bits per heavy atom. The Hall–Kier alpha value is -1.56. The number of alkyl halides is 1. The number of benzene rings is 1. The summed E-state index contributed by atoms with van der Waals surface area (Å²) in [5.74, 6) is 0.794. The predicted molar refractivity (Wildman–Crippen MR) is 121 cm³/mol. The van der Waals surface area contributed by atoms with Crippen LogP contribution in [0.5, 0.6) is 0 Å². The Morgan fingerprint density at radius 2 is 1.87 bits per heavy atom. The van der Waals surface area contributed by atoms with Crippen LogP contribution in [0.1, 0.15) is 56.9 Å². The number of ether oxygens (including phenoxy) is 1. The summed E-state index contributed by atoms with van der Waals surface area (Å²) >= 11 is 3.93. The highest BCUT2D eigenvalue weighted by molar-refractivity contribution is 9.10. The summed E-state index contributed by atoms with van der Waals surface area (Å²) in [5, 5.41) is 2.92. The fourth-order valence-corrected chi connectivity index (χ4v) is 8.27. The Balaban J connectivity index is 1.18. The lowest BCUT2D eigenvalue weighted by Gasteiger charge is -2.58. The summed E-state index contributed by atoms with van der Waals surface area (Å²) in [7, 11) is 0. The molecule has 6 heteroatoms. The van der Waals surface area contributed by atoms with Crippen molar-refractivity contribution in [2.24, 2.45) is 17.3 Å². The molecule has 1 N–H and O–H groups in total. The van der Waals surface area contributed by atoms with Gasteiger partial charge in [0, 0.05) is 28.8 Å². The molecule has 2 atom stereocenters. The first-order chi connectivity index (χ1) is 14.3. The molecular weight excluding hydrogens is 444 g/mol. The molecule has 30 heavy (non-hydrogen) atoms. The van der Waals surface area contributed by atoms with Crippen molar-refractivity contribution in [1.82, 2.24) is 0 Å². The maximum atomic E-state index is 13.0. The van der Waals surface area contributed by atoms with Crippen molar-refractivity contribution in [3.05, 3.63) is 23.8 Å². The van der Waals surface area contributed by atoms with Gasteiger partial charge in [0.1, 0.15) is 0 Å². The number of nitrogens with one attached hydrogen (secondary N) is 1. The Morgan fingerprint density at radius 1 is 1.17 bits per heavy atom. The molecule has 1 aliphatic heterocycles. The van der Waals surface area contributed by atoms with Crippen LogP contribution in [-0.2, 0) is 14.3 Å². The molecule has 4 saturated carbocycles. The number of nitrogens with zero attached hydrogens (tertiary/aromatic N) is 1. The van der Waals surface area contributed by atoms with Gasteiger partial charge in [-0.3, -0.25) is 9.59 Å². The number of anilines is 2. The van der Waals surface area contributed by atoms with Crippen LogP contribution < -0.4 is 10.2 Å². The number of carbonyl (C=O) groups excluding carboxylic acids is 2. The van der Waals surface area contributed by atoms with E-state index in [4.69, 9.17) is 4.74 Å². The molecule has 0 aromatic heterocycles. The molecule has 5 aliphatic rings. The van der Waals surface area contributed by atoms with Gasteiger partial charge in [0.25, 0.3) is 5.91 Å². The van der Waals surface area contributed by atoms with Crippen LogP contribution in [0.2, 0.25) is 0 Å². The zero-order chi connectivity index (χ0) is 20.9. The molecule has 0 spiro atoms. The molecule has 0 radical (unpaired) electrons. The zero-order valence-electron chi connectivity index (χ0n) is 17.7. The molecular formula is C24H31BrN2O3. The maximum absolute atomic E-state index is 13.0. The lowest BCUT2D eigenvalue weighted by Crippen LogP contribution is -2.56. The summed E-state index contributed by atoms with van der Waals surface area (Å²) in [6.07, 6.45) is 8.77. The monoisotopic (exact) mass is 474 g/mol. The molecule has 1 aromatic carbocycles. The van der Waals surface area contributed by atoms with Crippen molar-refractivity contribution in [1.29, 1.82) is 0 Å². The molecule has 1 heterocycles. The fourth-order valence-electron chi connectivity index (χ4n) is 6.82. The fraction of sp³-hybridized carbons (Fsp3) is 0.667. The molecule has 4 aliphatic carbocycles. The number of hydrogen-bond acceptors (Lipinski definition) is 4. The van der Waals surface area contributed by atoms with Crippen LogP contribution in [0.3, 0.4) is 0 Å². The van der Waals surface area contributed by atoms with Crippen molar-refractivity contribution >= 4 is 39.2 Å². The second kappa shape index (κ2) is 7.54. The van der Waals surface area contributed by atoms with Crippen molar-refractivity contribution < 1.29 is 14.3 Å². The second-order valence-electron chi connectivity index (χ2n) is 10.2. The Bertz CT molecular complexity index is 850. The van der Waals surface area contributed by atoms with Crippen LogP contribution in [0.4, 0.5) is 11.4 Å². The number of hydrogen-bond donors (Lipinski definition) is 1. The van der Waals surface area contributed by atoms with Crippen molar-refractivity contribution in [3.63, 3.8) is 0 Å². The van der Waals surface area contributed by atoms with Crippen LogP contribution >= 0.6 is 15.9 Å². The van der Waals surface area contributed by atoms with Gasteiger partial charge >= 0.3 is 5.97 Å². The van der Waals surface area contributed by atoms with Gasteiger partial charge in [0.05, 0.1) is 5.41 Å². The standard InChI is InChI=1S/C24H31BrN2O3/c1-16-8-19(27-6-2-3-7-27)4-5-20(16)26-21(28)14-30-22(29)23-10-17-9-18(11-23)13-24(25,12-17)15-23/h4-5,8,17-18H,2-3,6-7,9-15H2,1H3,(H,26,28). The molecule has 6 rings (SSSR count). The first-order valence-electron chi connectivity index (χ1n) is 11.4. The van der Waals surface area contributed by atoms with Gasteiger partial charge in [0.2, 0.25) is 0 Å².